The van der Waals surface area contributed by atoms with Gasteiger partial charge < -0.3 is 15.4 Å². The maximum absolute atomic E-state index is 14.0. The van der Waals surface area contributed by atoms with Crippen LogP contribution in [0, 0.1) is 17.5 Å². The molecule has 0 aliphatic heterocycles. The molecule has 1 heterocycles. The molecule has 3 rings (SSSR count). The van der Waals surface area contributed by atoms with Gasteiger partial charge in [0.05, 0.1) is 22.6 Å². The van der Waals surface area contributed by atoms with Gasteiger partial charge >= 0.3 is 5.97 Å². The minimum absolute atomic E-state index is 0.0601. The normalized spacial score (nSPS) is 20.4. The number of pyridine rings is 1. The zero-order chi connectivity index (χ0) is 16.3. The Hall–Kier alpha value is -2.58. The average Bonchev–Trinajstić information content (AvgIpc) is 3.18. The number of hydrogen-bond donors (Lipinski definition) is 2. The van der Waals surface area contributed by atoms with E-state index in [2.05, 4.69) is 0 Å². The smallest absolute Gasteiger partial charge is 0.341 e. The van der Waals surface area contributed by atoms with Crippen molar-refractivity contribution >= 4 is 22.6 Å². The highest BCUT2D eigenvalue weighted by Gasteiger charge is 2.41. The summed E-state index contributed by atoms with van der Waals surface area (Å²) in [5.41, 5.74) is 1.46. The Morgan fingerprint density at radius 3 is 2.36 bits per heavy atom. The largest absolute Gasteiger partial charge is 0.477 e. The predicted octanol–water partition coefficient (Wildman–Crippen LogP) is 1.98. The van der Waals surface area contributed by atoms with Gasteiger partial charge in [-0.05, 0) is 0 Å². The number of nitrogens with two attached hydrogens (primary N) is 1. The molecule has 2 atom stereocenters. The molecule has 1 fully saturated rings. The molecule has 22 heavy (non-hydrogen) atoms. The molecule has 1 saturated carbocycles. The lowest BCUT2D eigenvalue weighted by Crippen LogP contribution is -2.22. The number of carboxylic acids is 1. The number of aromatic carboxylic acids is 1. The van der Waals surface area contributed by atoms with Crippen molar-refractivity contribution in [2.45, 2.75) is 18.6 Å². The van der Waals surface area contributed by atoms with Crippen molar-refractivity contribution in [1.82, 2.24) is 4.57 Å². The fraction of sp³-hybridized carbons (Fsp3) is 0.231. The van der Waals surface area contributed by atoms with Crippen LogP contribution in [-0.2, 0) is 0 Å². The van der Waals surface area contributed by atoms with Crippen LogP contribution in [0.4, 0.5) is 23.2 Å². The van der Waals surface area contributed by atoms with Crippen molar-refractivity contribution in [3.63, 3.8) is 0 Å². The first-order valence-corrected chi connectivity index (χ1v) is 6.13. The van der Waals surface area contributed by atoms with Crippen LogP contribution >= 0.6 is 0 Å². The molecule has 9 heteroatoms. The van der Waals surface area contributed by atoms with Crippen LogP contribution < -0.4 is 11.2 Å². The van der Waals surface area contributed by atoms with E-state index in [1.165, 1.54) is 0 Å². The SMILES string of the molecule is Nc1c(F)c(F)c(F)c2c1c(=O)c(C(=O)O)cn2C1C[C@@H]1F. The lowest BCUT2D eigenvalue weighted by molar-refractivity contribution is 0.0694. The summed E-state index contributed by atoms with van der Waals surface area (Å²) in [7, 11) is 0. The van der Waals surface area contributed by atoms with Crippen LogP contribution in [-0.4, -0.2) is 21.8 Å². The number of nitrogen functional groups attached to an aromatic ring is 1. The molecule has 2 aromatic rings. The van der Waals surface area contributed by atoms with Crippen molar-refractivity contribution in [2.75, 3.05) is 5.73 Å². The quantitative estimate of drug-likeness (QED) is 0.504. The van der Waals surface area contributed by atoms with Gasteiger partial charge in [-0.1, -0.05) is 0 Å². The summed E-state index contributed by atoms with van der Waals surface area (Å²) < 4.78 is 55.2. The molecule has 0 amide bonds. The lowest BCUT2D eigenvalue weighted by atomic mass is 10.1. The van der Waals surface area contributed by atoms with Crippen molar-refractivity contribution in [2.24, 2.45) is 0 Å². The molecule has 3 N–H and O–H groups in total. The van der Waals surface area contributed by atoms with Crippen LogP contribution in [0.15, 0.2) is 11.0 Å². The number of nitrogens with zero attached hydrogens (tertiary/aromatic N) is 1. The fourth-order valence-corrected chi connectivity index (χ4v) is 2.39. The van der Waals surface area contributed by atoms with Gasteiger partial charge in [0.25, 0.3) is 0 Å². The number of benzene rings is 1. The zero-order valence-corrected chi connectivity index (χ0v) is 10.7. The summed E-state index contributed by atoms with van der Waals surface area (Å²) in [6.45, 7) is 0. The number of anilines is 1. The second kappa shape index (κ2) is 4.46. The summed E-state index contributed by atoms with van der Waals surface area (Å²) >= 11 is 0. The van der Waals surface area contributed by atoms with Gasteiger partial charge in [0.1, 0.15) is 11.7 Å². The summed E-state index contributed by atoms with van der Waals surface area (Å²) in [6.07, 6.45) is -0.743. The van der Waals surface area contributed by atoms with E-state index >= 15 is 0 Å². The van der Waals surface area contributed by atoms with Crippen molar-refractivity contribution in [1.29, 1.82) is 0 Å². The highest BCUT2D eigenvalue weighted by atomic mass is 19.2. The van der Waals surface area contributed by atoms with Gasteiger partial charge in [0.2, 0.25) is 5.43 Å². The molecule has 116 valence electrons. The minimum Gasteiger partial charge on any atom is -0.477 e. The first kappa shape index (κ1) is 14.4. The van der Waals surface area contributed by atoms with Crippen LogP contribution in [0.2, 0.25) is 0 Å². The van der Waals surface area contributed by atoms with Crippen LogP contribution in [0.3, 0.4) is 0 Å². The van der Waals surface area contributed by atoms with Gasteiger partial charge in [-0.25, -0.2) is 22.4 Å². The zero-order valence-electron chi connectivity index (χ0n) is 10.7. The number of aromatic nitrogens is 1. The Bertz CT molecular complexity index is 893. The Balaban J connectivity index is 2.56. The number of halogens is 4. The minimum atomic E-state index is -1.91. The van der Waals surface area contributed by atoms with E-state index in [-0.39, 0.29) is 6.42 Å². The Morgan fingerprint density at radius 1 is 1.27 bits per heavy atom. The molecule has 1 aromatic carbocycles. The number of hydrogen-bond acceptors (Lipinski definition) is 3. The number of carboxylic acid groups (broad SMARTS) is 1. The molecule has 1 unspecified atom stereocenters. The first-order chi connectivity index (χ1) is 10.3. The van der Waals surface area contributed by atoms with E-state index in [9.17, 15) is 27.2 Å². The van der Waals surface area contributed by atoms with Crippen molar-refractivity contribution in [3.05, 3.63) is 39.4 Å². The van der Waals surface area contributed by atoms with Crippen LogP contribution in [0.25, 0.3) is 10.9 Å². The second-order valence-electron chi connectivity index (χ2n) is 4.98. The maximum atomic E-state index is 14.0. The first-order valence-electron chi connectivity index (χ1n) is 6.13. The Labute approximate surface area is 119 Å². The second-order valence-corrected chi connectivity index (χ2v) is 4.98. The summed E-state index contributed by atoms with van der Waals surface area (Å²) in [6, 6.07) is -0.958. The molecule has 0 saturated heterocycles. The third kappa shape index (κ3) is 1.78. The average molecular weight is 316 g/mol. The van der Waals surface area contributed by atoms with Crippen molar-refractivity contribution < 1.29 is 27.5 Å². The van der Waals surface area contributed by atoms with E-state index in [0.717, 1.165) is 10.8 Å². The molecule has 0 spiro atoms. The maximum Gasteiger partial charge on any atom is 0.341 e. The van der Waals surface area contributed by atoms with E-state index < -0.39 is 63.2 Å². The molecular formula is C13H8F4N2O3. The highest BCUT2D eigenvalue weighted by Crippen LogP contribution is 2.42. The molecule has 0 radical (unpaired) electrons. The van der Waals surface area contributed by atoms with Gasteiger partial charge in [-0.3, -0.25) is 4.79 Å². The van der Waals surface area contributed by atoms with E-state index in [4.69, 9.17) is 10.8 Å². The topological polar surface area (TPSA) is 85.3 Å². The summed E-state index contributed by atoms with van der Waals surface area (Å²) in [5, 5.41) is 8.18. The monoisotopic (exact) mass is 316 g/mol. The van der Waals surface area contributed by atoms with Gasteiger partial charge in [-0.15, -0.1) is 0 Å². The summed E-state index contributed by atoms with van der Waals surface area (Å²) in [4.78, 5) is 23.1. The number of fused-ring (bicyclic) bond motifs is 1. The molecule has 1 aliphatic rings. The Morgan fingerprint density at radius 2 is 1.86 bits per heavy atom. The van der Waals surface area contributed by atoms with Crippen molar-refractivity contribution in [3.8, 4) is 0 Å². The van der Waals surface area contributed by atoms with Gasteiger partial charge in [0, 0.05) is 12.6 Å². The number of rotatable bonds is 2. The lowest BCUT2D eigenvalue weighted by Gasteiger charge is -2.14. The van der Waals surface area contributed by atoms with E-state index in [0.29, 0.717) is 0 Å². The van der Waals surface area contributed by atoms with Gasteiger partial charge in [-0.2, -0.15) is 0 Å². The molecule has 5 nitrogen and oxygen atoms in total. The third-order valence-electron chi connectivity index (χ3n) is 3.60. The summed E-state index contributed by atoms with van der Waals surface area (Å²) in [5.74, 6) is -7.07. The van der Waals surface area contributed by atoms with Crippen LogP contribution in [0.5, 0.6) is 0 Å². The Kier molecular flexibility index (Phi) is 2.91. The number of alkyl halides is 1. The predicted molar refractivity (Wildman–Crippen MR) is 68.0 cm³/mol. The third-order valence-corrected chi connectivity index (χ3v) is 3.60. The highest BCUT2D eigenvalue weighted by molar-refractivity contribution is 5.97. The molecule has 1 aromatic heterocycles. The standard InChI is InChI=1S/C13H8F4N2O3/c14-4-1-5(4)19-2-3(13(21)22)12(20)6-10(18)8(16)7(15)9(17)11(6)19/h2,4-5H,1,18H2,(H,21,22)/t4-,5?/m0/s1. The van der Waals surface area contributed by atoms with Gasteiger partial charge in [0.15, 0.2) is 17.5 Å². The molecule has 1 aliphatic carbocycles. The number of carbonyl (C=O) groups is 1. The molecule has 0 bridgehead atoms. The van der Waals surface area contributed by atoms with E-state index in [1.54, 1.807) is 0 Å². The fourth-order valence-electron chi connectivity index (χ4n) is 2.39. The van der Waals surface area contributed by atoms with E-state index in [1.807, 2.05) is 0 Å². The van der Waals surface area contributed by atoms with Crippen LogP contribution in [0.1, 0.15) is 22.8 Å². The molecular weight excluding hydrogens is 308 g/mol.